The van der Waals surface area contributed by atoms with E-state index in [9.17, 15) is 14.5 Å². The zero-order valence-electron chi connectivity index (χ0n) is 12.3. The summed E-state index contributed by atoms with van der Waals surface area (Å²) in [7, 11) is 0. The van der Waals surface area contributed by atoms with E-state index in [-0.39, 0.29) is 11.5 Å². The van der Waals surface area contributed by atoms with Crippen LogP contribution in [0.25, 0.3) is 11.3 Å². The van der Waals surface area contributed by atoms with Crippen LogP contribution in [-0.2, 0) is 5.75 Å². The maximum Gasteiger partial charge on any atom is 0.269 e. The van der Waals surface area contributed by atoms with Gasteiger partial charge in [0.25, 0.3) is 5.69 Å². The number of thiazole rings is 1. The van der Waals surface area contributed by atoms with Crippen LogP contribution in [0.15, 0.2) is 52.9 Å². The number of nitrogens with two attached hydrogens (primary N) is 1. The van der Waals surface area contributed by atoms with Gasteiger partial charge in [-0.25, -0.2) is 9.37 Å². The first-order chi connectivity index (χ1) is 11.5. The Morgan fingerprint density at radius 1 is 1.25 bits per heavy atom. The van der Waals surface area contributed by atoms with E-state index in [1.165, 1.54) is 41.3 Å². The highest BCUT2D eigenvalue weighted by molar-refractivity contribution is 8.00. The third kappa shape index (κ3) is 3.72. The van der Waals surface area contributed by atoms with Gasteiger partial charge in [-0.2, -0.15) is 0 Å². The number of aromatic nitrogens is 1. The summed E-state index contributed by atoms with van der Waals surface area (Å²) < 4.78 is 13.8. The molecule has 0 saturated heterocycles. The average molecular weight is 361 g/mol. The van der Waals surface area contributed by atoms with E-state index < -0.39 is 4.92 Å². The van der Waals surface area contributed by atoms with Crippen LogP contribution in [-0.4, -0.2) is 9.91 Å². The Hall–Kier alpha value is -2.45. The molecule has 0 saturated carbocycles. The number of thioether (sulfide) groups is 1. The molecule has 8 heteroatoms. The Labute approximate surface area is 145 Å². The summed E-state index contributed by atoms with van der Waals surface area (Å²) in [6.07, 6.45) is 0. The number of hydrogen-bond donors (Lipinski definition) is 1. The van der Waals surface area contributed by atoms with Gasteiger partial charge in [-0.3, -0.25) is 10.1 Å². The van der Waals surface area contributed by atoms with E-state index in [0.29, 0.717) is 16.4 Å². The lowest BCUT2D eigenvalue weighted by atomic mass is 10.2. The minimum atomic E-state index is -0.414. The summed E-state index contributed by atoms with van der Waals surface area (Å²) >= 11 is 2.80. The molecule has 0 spiro atoms. The fraction of sp³-hybridized carbons (Fsp3) is 0.0625. The van der Waals surface area contributed by atoms with Crippen molar-refractivity contribution in [2.75, 3.05) is 5.73 Å². The lowest BCUT2D eigenvalue weighted by Gasteiger charge is -1.99. The number of nitro groups is 1. The highest BCUT2D eigenvalue weighted by atomic mass is 32.2. The molecular formula is C16H12FN3O2S2. The SMILES string of the molecule is Nc1sc(SCc2cccc([N+](=O)[O-])c2)nc1-c1ccc(F)cc1. The molecule has 0 aliphatic rings. The van der Waals surface area contributed by atoms with Crippen molar-refractivity contribution in [3.63, 3.8) is 0 Å². The smallest absolute Gasteiger partial charge is 0.269 e. The minimum Gasteiger partial charge on any atom is -0.389 e. The normalized spacial score (nSPS) is 10.7. The molecule has 3 aromatic rings. The van der Waals surface area contributed by atoms with Gasteiger partial charge in [-0.15, -0.1) is 0 Å². The summed E-state index contributed by atoms with van der Waals surface area (Å²) in [5, 5.41) is 11.4. The van der Waals surface area contributed by atoms with Crippen LogP contribution in [0.4, 0.5) is 15.1 Å². The molecule has 122 valence electrons. The van der Waals surface area contributed by atoms with E-state index in [4.69, 9.17) is 5.73 Å². The Kier molecular flexibility index (Phi) is 4.77. The summed E-state index contributed by atoms with van der Waals surface area (Å²) in [4.78, 5) is 14.9. The number of nitro benzene ring substituents is 1. The molecule has 24 heavy (non-hydrogen) atoms. The number of anilines is 1. The molecule has 2 aromatic carbocycles. The molecule has 0 aliphatic carbocycles. The molecule has 0 amide bonds. The molecule has 2 N–H and O–H groups in total. The number of nitrogen functional groups attached to an aromatic ring is 1. The molecular weight excluding hydrogens is 349 g/mol. The predicted octanol–water partition coefficient (Wildman–Crippen LogP) is 4.73. The first kappa shape index (κ1) is 16.4. The van der Waals surface area contributed by atoms with Crippen molar-refractivity contribution >= 4 is 33.8 Å². The van der Waals surface area contributed by atoms with Crippen molar-refractivity contribution in [3.05, 3.63) is 70.0 Å². The molecule has 3 rings (SSSR count). The Morgan fingerprint density at radius 2 is 2.00 bits per heavy atom. The van der Waals surface area contributed by atoms with E-state index in [1.807, 2.05) is 6.07 Å². The summed E-state index contributed by atoms with van der Waals surface area (Å²) in [5.41, 5.74) is 8.29. The van der Waals surface area contributed by atoms with Gasteiger partial charge in [0.1, 0.15) is 16.5 Å². The van der Waals surface area contributed by atoms with Crippen molar-refractivity contribution in [2.45, 2.75) is 10.1 Å². The number of hydrogen-bond acceptors (Lipinski definition) is 6. The minimum absolute atomic E-state index is 0.0683. The first-order valence-electron chi connectivity index (χ1n) is 6.91. The van der Waals surface area contributed by atoms with E-state index >= 15 is 0 Å². The Morgan fingerprint density at radius 3 is 2.71 bits per heavy atom. The van der Waals surface area contributed by atoms with E-state index in [1.54, 1.807) is 24.3 Å². The van der Waals surface area contributed by atoms with Gasteiger partial charge in [0.15, 0.2) is 4.34 Å². The molecule has 0 bridgehead atoms. The van der Waals surface area contributed by atoms with Crippen LogP contribution < -0.4 is 5.73 Å². The number of nitrogens with zero attached hydrogens (tertiary/aromatic N) is 2. The van der Waals surface area contributed by atoms with Crippen molar-refractivity contribution < 1.29 is 9.31 Å². The van der Waals surface area contributed by atoms with Crippen molar-refractivity contribution in [1.82, 2.24) is 4.98 Å². The third-order valence-corrected chi connectivity index (χ3v) is 5.33. The molecule has 5 nitrogen and oxygen atoms in total. The summed E-state index contributed by atoms with van der Waals surface area (Å²) in [5.74, 6) is 0.241. The van der Waals surface area contributed by atoms with Gasteiger partial charge in [-0.05, 0) is 29.8 Å². The van der Waals surface area contributed by atoms with Gasteiger partial charge in [0, 0.05) is 23.4 Å². The molecule has 1 aromatic heterocycles. The van der Waals surface area contributed by atoms with Crippen LogP contribution in [0.5, 0.6) is 0 Å². The second kappa shape index (κ2) is 6.98. The lowest BCUT2D eigenvalue weighted by Crippen LogP contribution is -1.89. The standard InChI is InChI=1S/C16H12FN3O2S2/c17-12-6-4-11(5-7-12)14-15(18)24-16(19-14)23-9-10-2-1-3-13(8-10)20(21)22/h1-8H,9,18H2. The van der Waals surface area contributed by atoms with Gasteiger partial charge in [-0.1, -0.05) is 35.2 Å². The van der Waals surface area contributed by atoms with Gasteiger partial charge in [0.05, 0.1) is 4.92 Å². The van der Waals surface area contributed by atoms with Gasteiger partial charge in [0.2, 0.25) is 0 Å². The number of benzene rings is 2. The van der Waals surface area contributed by atoms with Crippen LogP contribution in [0.1, 0.15) is 5.56 Å². The molecule has 0 fully saturated rings. The fourth-order valence-corrected chi connectivity index (χ4v) is 3.99. The zero-order chi connectivity index (χ0) is 17.1. The zero-order valence-corrected chi connectivity index (χ0v) is 13.9. The number of rotatable bonds is 5. The average Bonchev–Trinajstić information content (AvgIpc) is 2.95. The molecule has 0 radical (unpaired) electrons. The molecule has 0 aliphatic heterocycles. The summed E-state index contributed by atoms with van der Waals surface area (Å²) in [6, 6.07) is 12.5. The second-order valence-electron chi connectivity index (χ2n) is 4.92. The van der Waals surface area contributed by atoms with Gasteiger partial charge >= 0.3 is 0 Å². The second-order valence-corrected chi connectivity index (χ2v) is 7.17. The fourth-order valence-electron chi connectivity index (χ4n) is 2.09. The Balaban J connectivity index is 1.75. The van der Waals surface area contributed by atoms with Crippen LogP contribution in [0, 0.1) is 15.9 Å². The maximum atomic E-state index is 13.0. The van der Waals surface area contributed by atoms with Crippen LogP contribution in [0.2, 0.25) is 0 Å². The van der Waals surface area contributed by atoms with Crippen molar-refractivity contribution in [2.24, 2.45) is 0 Å². The molecule has 0 atom stereocenters. The van der Waals surface area contributed by atoms with Gasteiger partial charge < -0.3 is 5.73 Å². The number of non-ortho nitro benzene ring substituents is 1. The third-order valence-electron chi connectivity index (χ3n) is 3.24. The van der Waals surface area contributed by atoms with Crippen molar-refractivity contribution in [1.29, 1.82) is 0 Å². The highest BCUT2D eigenvalue weighted by Crippen LogP contribution is 2.36. The van der Waals surface area contributed by atoms with Crippen LogP contribution in [0.3, 0.4) is 0 Å². The number of halogens is 1. The first-order valence-corrected chi connectivity index (χ1v) is 8.71. The van der Waals surface area contributed by atoms with Crippen molar-refractivity contribution in [3.8, 4) is 11.3 Å². The quantitative estimate of drug-likeness (QED) is 0.403. The van der Waals surface area contributed by atoms with E-state index in [0.717, 1.165) is 15.5 Å². The molecule has 0 unspecified atom stereocenters. The van der Waals surface area contributed by atoms with E-state index in [2.05, 4.69) is 4.98 Å². The highest BCUT2D eigenvalue weighted by Gasteiger charge is 2.12. The molecule has 1 heterocycles. The van der Waals surface area contributed by atoms with Crippen LogP contribution >= 0.6 is 23.1 Å². The Bertz CT molecular complexity index is 881. The predicted molar refractivity (Wildman–Crippen MR) is 94.6 cm³/mol. The largest absolute Gasteiger partial charge is 0.389 e. The monoisotopic (exact) mass is 361 g/mol. The topological polar surface area (TPSA) is 82.0 Å². The lowest BCUT2D eigenvalue weighted by molar-refractivity contribution is -0.384. The maximum absolute atomic E-state index is 13.0. The summed E-state index contributed by atoms with van der Waals surface area (Å²) in [6.45, 7) is 0.